The van der Waals surface area contributed by atoms with Crippen LogP contribution in [0.1, 0.15) is 16.3 Å². The summed E-state index contributed by atoms with van der Waals surface area (Å²) in [6.07, 6.45) is 2.87. The van der Waals surface area contributed by atoms with Gasteiger partial charge in [-0.25, -0.2) is 0 Å². The molecule has 0 N–H and O–H groups in total. The summed E-state index contributed by atoms with van der Waals surface area (Å²) in [5, 5.41) is 11.6. The number of furan rings is 2. The molecular weight excluding hydrogens is 441 g/mol. The summed E-state index contributed by atoms with van der Waals surface area (Å²) >= 11 is 11.9. The van der Waals surface area contributed by atoms with Gasteiger partial charge in [0.2, 0.25) is 5.78 Å². The van der Waals surface area contributed by atoms with Crippen molar-refractivity contribution in [3.8, 4) is 22.6 Å². The third-order valence-electron chi connectivity index (χ3n) is 4.44. The predicted molar refractivity (Wildman–Crippen MR) is 118 cm³/mol. The molecule has 0 aliphatic carbocycles. The van der Waals surface area contributed by atoms with Crippen molar-refractivity contribution in [2.45, 2.75) is 0 Å². The second-order valence-electron chi connectivity index (χ2n) is 6.50. The van der Waals surface area contributed by atoms with Crippen molar-refractivity contribution in [1.29, 1.82) is 0 Å². The maximum absolute atomic E-state index is 12.4. The number of hydrogen-bond acceptors (Lipinski definition) is 5. The fraction of sp³-hybridized carbons (Fsp3) is 0. The van der Waals surface area contributed by atoms with E-state index in [9.17, 15) is 14.9 Å². The number of carbonyl (C=O) groups is 1. The van der Waals surface area contributed by atoms with Gasteiger partial charge in [-0.1, -0.05) is 23.2 Å². The Morgan fingerprint density at radius 3 is 2.23 bits per heavy atom. The second kappa shape index (κ2) is 8.63. The molecule has 31 heavy (non-hydrogen) atoms. The lowest BCUT2D eigenvalue weighted by molar-refractivity contribution is -0.384. The number of allylic oxidation sites excluding steroid dienone is 1. The minimum Gasteiger partial charge on any atom is -0.457 e. The highest BCUT2D eigenvalue weighted by Gasteiger charge is 2.12. The van der Waals surface area contributed by atoms with Crippen molar-refractivity contribution in [3.63, 3.8) is 0 Å². The molecule has 154 valence electrons. The first-order chi connectivity index (χ1) is 14.9. The standard InChI is InChI=1S/C23H13Cl2NO5/c24-18-8-3-15(13-19(18)25)22-11-12-23(31-22)20(27)9-6-17-7-10-21(30-17)14-1-4-16(5-2-14)26(28)29/h1-13H/b9-6+. The van der Waals surface area contributed by atoms with Crippen molar-refractivity contribution in [2.24, 2.45) is 0 Å². The third kappa shape index (κ3) is 4.60. The molecule has 0 fully saturated rings. The molecule has 6 nitrogen and oxygen atoms in total. The molecule has 0 amide bonds. The molecule has 2 heterocycles. The average molecular weight is 454 g/mol. The number of carbonyl (C=O) groups excluding carboxylic acids is 1. The minimum absolute atomic E-state index is 0.000268. The first kappa shape index (κ1) is 20.7. The smallest absolute Gasteiger partial charge is 0.269 e. The van der Waals surface area contributed by atoms with Gasteiger partial charge in [-0.2, -0.15) is 0 Å². The van der Waals surface area contributed by atoms with Gasteiger partial charge in [0.15, 0.2) is 5.76 Å². The van der Waals surface area contributed by atoms with Crippen molar-refractivity contribution in [3.05, 3.63) is 104 Å². The van der Waals surface area contributed by atoms with E-state index < -0.39 is 4.92 Å². The number of halogens is 2. The quantitative estimate of drug-likeness (QED) is 0.132. The monoisotopic (exact) mass is 453 g/mol. The van der Waals surface area contributed by atoms with Crippen LogP contribution in [0.15, 0.2) is 81.6 Å². The van der Waals surface area contributed by atoms with Crippen molar-refractivity contribution < 1.29 is 18.6 Å². The maximum atomic E-state index is 12.4. The van der Waals surface area contributed by atoms with Crippen LogP contribution in [-0.4, -0.2) is 10.7 Å². The van der Waals surface area contributed by atoms with Gasteiger partial charge >= 0.3 is 0 Å². The van der Waals surface area contributed by atoms with Crippen LogP contribution in [0, 0.1) is 10.1 Å². The first-order valence-electron chi connectivity index (χ1n) is 9.03. The molecule has 2 aromatic heterocycles. The Balaban J connectivity index is 1.47. The Hall–Kier alpha value is -3.61. The number of nitro groups is 1. The van der Waals surface area contributed by atoms with E-state index in [-0.39, 0.29) is 17.2 Å². The van der Waals surface area contributed by atoms with Gasteiger partial charge in [-0.15, -0.1) is 0 Å². The Morgan fingerprint density at radius 1 is 0.839 bits per heavy atom. The summed E-state index contributed by atoms with van der Waals surface area (Å²) in [6.45, 7) is 0. The molecule has 0 aliphatic heterocycles. The van der Waals surface area contributed by atoms with Gasteiger partial charge < -0.3 is 8.83 Å². The molecule has 2 aromatic carbocycles. The Kier molecular flexibility index (Phi) is 5.75. The zero-order valence-corrected chi connectivity index (χ0v) is 17.3. The van der Waals surface area contributed by atoms with Crippen LogP contribution in [0.2, 0.25) is 10.0 Å². The van der Waals surface area contributed by atoms with E-state index in [0.717, 1.165) is 0 Å². The number of non-ortho nitro benzene ring substituents is 1. The first-order valence-corrected chi connectivity index (χ1v) is 9.78. The molecule has 0 radical (unpaired) electrons. The lowest BCUT2D eigenvalue weighted by Crippen LogP contribution is -1.90. The molecule has 0 aliphatic rings. The van der Waals surface area contributed by atoms with E-state index in [1.54, 1.807) is 54.6 Å². The highest BCUT2D eigenvalue weighted by Crippen LogP contribution is 2.30. The molecule has 4 rings (SSSR count). The summed E-state index contributed by atoms with van der Waals surface area (Å²) in [5.41, 5.74) is 1.39. The lowest BCUT2D eigenvalue weighted by atomic mass is 10.1. The fourth-order valence-electron chi connectivity index (χ4n) is 2.86. The topological polar surface area (TPSA) is 86.5 Å². The predicted octanol–water partition coefficient (Wildman–Crippen LogP) is 7.32. The van der Waals surface area contributed by atoms with Gasteiger partial charge in [0, 0.05) is 23.3 Å². The number of nitrogens with zero attached hydrogens (tertiary/aromatic N) is 1. The highest BCUT2D eigenvalue weighted by molar-refractivity contribution is 6.42. The maximum Gasteiger partial charge on any atom is 0.269 e. The van der Waals surface area contributed by atoms with Crippen LogP contribution in [0.4, 0.5) is 5.69 Å². The van der Waals surface area contributed by atoms with E-state index in [2.05, 4.69) is 0 Å². The molecule has 0 atom stereocenters. The van der Waals surface area contributed by atoms with Crippen LogP contribution >= 0.6 is 23.2 Å². The van der Waals surface area contributed by atoms with Gasteiger partial charge in [-0.3, -0.25) is 14.9 Å². The zero-order valence-electron chi connectivity index (χ0n) is 15.7. The van der Waals surface area contributed by atoms with Crippen LogP contribution in [0.3, 0.4) is 0 Å². The summed E-state index contributed by atoms with van der Waals surface area (Å²) < 4.78 is 11.3. The van der Waals surface area contributed by atoms with Gasteiger partial charge in [0.25, 0.3) is 5.69 Å². The van der Waals surface area contributed by atoms with Crippen LogP contribution < -0.4 is 0 Å². The average Bonchev–Trinajstić information content (AvgIpc) is 3.44. The number of nitro benzene ring substituents is 1. The summed E-state index contributed by atoms with van der Waals surface area (Å²) in [4.78, 5) is 22.7. The zero-order chi connectivity index (χ0) is 22.0. The third-order valence-corrected chi connectivity index (χ3v) is 5.18. The minimum atomic E-state index is -0.465. The molecular formula is C23H13Cl2NO5. The Bertz CT molecular complexity index is 1300. The second-order valence-corrected chi connectivity index (χ2v) is 7.31. The molecule has 0 spiro atoms. The molecule has 0 bridgehead atoms. The summed E-state index contributed by atoms with van der Waals surface area (Å²) in [7, 11) is 0. The van der Waals surface area contributed by atoms with Crippen LogP contribution in [-0.2, 0) is 0 Å². The van der Waals surface area contributed by atoms with Gasteiger partial charge in [-0.05, 0) is 66.7 Å². The van der Waals surface area contributed by atoms with E-state index >= 15 is 0 Å². The number of hydrogen-bond donors (Lipinski definition) is 0. The number of benzene rings is 2. The molecule has 8 heteroatoms. The van der Waals surface area contributed by atoms with Crippen LogP contribution in [0.5, 0.6) is 0 Å². The van der Waals surface area contributed by atoms with Gasteiger partial charge in [0.1, 0.15) is 17.3 Å². The molecule has 0 unspecified atom stereocenters. The SMILES string of the molecule is O=C(/C=C/c1ccc(-c2ccc([N+](=O)[O-])cc2)o1)c1ccc(-c2ccc(Cl)c(Cl)c2)o1. The van der Waals surface area contributed by atoms with Crippen molar-refractivity contribution in [1.82, 2.24) is 0 Å². The highest BCUT2D eigenvalue weighted by atomic mass is 35.5. The van der Waals surface area contributed by atoms with E-state index in [4.69, 9.17) is 32.0 Å². The molecule has 0 saturated carbocycles. The molecule has 0 saturated heterocycles. The Morgan fingerprint density at radius 2 is 1.52 bits per heavy atom. The van der Waals surface area contributed by atoms with Crippen LogP contribution in [0.25, 0.3) is 28.7 Å². The molecule has 4 aromatic rings. The van der Waals surface area contributed by atoms with E-state index in [0.29, 0.717) is 38.5 Å². The van der Waals surface area contributed by atoms with E-state index in [1.807, 2.05) is 0 Å². The number of ketones is 1. The lowest BCUT2D eigenvalue weighted by Gasteiger charge is -1.99. The summed E-state index contributed by atoms with van der Waals surface area (Å²) in [6, 6.07) is 17.8. The van der Waals surface area contributed by atoms with E-state index in [1.165, 1.54) is 24.3 Å². The van der Waals surface area contributed by atoms with Crippen molar-refractivity contribution in [2.75, 3.05) is 0 Å². The normalized spacial score (nSPS) is 11.2. The Labute approximate surface area is 186 Å². The fourth-order valence-corrected chi connectivity index (χ4v) is 3.16. The number of rotatable bonds is 6. The van der Waals surface area contributed by atoms with Gasteiger partial charge in [0.05, 0.1) is 15.0 Å². The summed E-state index contributed by atoms with van der Waals surface area (Å²) in [5.74, 6) is 1.31. The largest absolute Gasteiger partial charge is 0.457 e. The van der Waals surface area contributed by atoms with Crippen molar-refractivity contribution >= 4 is 40.7 Å².